The van der Waals surface area contributed by atoms with Crippen LogP contribution < -0.4 is 0 Å². The topological polar surface area (TPSA) is 83.3 Å². The molecule has 0 radical (unpaired) electrons. The van der Waals surface area contributed by atoms with Gasteiger partial charge in [-0.2, -0.15) is 23.4 Å². The van der Waals surface area contributed by atoms with E-state index >= 15 is 0 Å². The Morgan fingerprint density at radius 1 is 0.838 bits per heavy atom. The molecule has 1 N–H and O–H groups in total. The Kier molecular flexibility index (Phi) is 6.45. The van der Waals surface area contributed by atoms with Gasteiger partial charge < -0.3 is 9.52 Å². The lowest BCUT2D eigenvalue weighted by Crippen LogP contribution is -2.03. The smallest absolute Gasteiger partial charge is 0.416 e. The van der Waals surface area contributed by atoms with E-state index in [1.165, 1.54) is 36.5 Å². The number of hydrogen-bond acceptors (Lipinski definition) is 6. The molecule has 0 spiro atoms. The Hall–Kier alpha value is -4.50. The van der Waals surface area contributed by atoms with Crippen molar-refractivity contribution in [3.8, 4) is 17.2 Å². The molecule has 0 aliphatic heterocycles. The molecule has 0 amide bonds. The van der Waals surface area contributed by atoms with Crippen LogP contribution in [0.3, 0.4) is 0 Å². The van der Waals surface area contributed by atoms with Crippen LogP contribution in [0.25, 0.3) is 22.6 Å². The number of azo groups is 1. The summed E-state index contributed by atoms with van der Waals surface area (Å²) in [6.07, 6.45) is -3.03. The molecular formula is C27H16ClF3N4O2. The second kappa shape index (κ2) is 9.87. The van der Waals surface area contributed by atoms with Gasteiger partial charge in [-0.25, -0.2) is 4.98 Å². The molecule has 1 heterocycles. The number of phenols is 1. The van der Waals surface area contributed by atoms with Gasteiger partial charge >= 0.3 is 6.18 Å². The monoisotopic (exact) mass is 520 g/mol. The summed E-state index contributed by atoms with van der Waals surface area (Å²) in [6.45, 7) is 0. The Morgan fingerprint density at radius 3 is 2.38 bits per heavy atom. The van der Waals surface area contributed by atoms with Gasteiger partial charge in [0.1, 0.15) is 11.3 Å². The summed E-state index contributed by atoms with van der Waals surface area (Å²) in [4.78, 5) is 8.90. The zero-order valence-corrected chi connectivity index (χ0v) is 19.6. The maximum atomic E-state index is 12.9. The number of oxazole rings is 1. The van der Waals surface area contributed by atoms with Gasteiger partial charge in [-0.15, -0.1) is 0 Å². The normalized spacial score (nSPS) is 12.2. The lowest BCUT2D eigenvalue weighted by Gasteiger charge is -2.06. The highest BCUT2D eigenvalue weighted by Gasteiger charge is 2.30. The third-order valence-corrected chi connectivity index (χ3v) is 5.50. The lowest BCUT2D eigenvalue weighted by molar-refractivity contribution is -0.137. The number of phenolic OH excluding ortho intramolecular Hbond substituents is 1. The molecular weight excluding hydrogens is 505 g/mol. The molecule has 0 atom stereocenters. The van der Waals surface area contributed by atoms with Crippen molar-refractivity contribution in [3.05, 3.63) is 101 Å². The molecule has 0 saturated carbocycles. The molecule has 0 aliphatic rings. The van der Waals surface area contributed by atoms with Crippen molar-refractivity contribution in [1.82, 2.24) is 4.98 Å². The van der Waals surface area contributed by atoms with Gasteiger partial charge in [0.15, 0.2) is 5.58 Å². The number of rotatable bonds is 5. The average molecular weight is 521 g/mol. The molecule has 0 saturated heterocycles. The minimum atomic E-state index is -4.47. The Bertz CT molecular complexity index is 1660. The second-order valence-electron chi connectivity index (χ2n) is 7.93. The van der Waals surface area contributed by atoms with E-state index in [1.54, 1.807) is 30.3 Å². The Morgan fingerprint density at radius 2 is 1.59 bits per heavy atom. The maximum absolute atomic E-state index is 12.9. The van der Waals surface area contributed by atoms with Crippen LogP contribution in [-0.2, 0) is 6.18 Å². The van der Waals surface area contributed by atoms with Crippen molar-refractivity contribution in [1.29, 1.82) is 0 Å². The Labute approximate surface area is 213 Å². The van der Waals surface area contributed by atoms with Crippen molar-refractivity contribution in [2.75, 3.05) is 0 Å². The molecule has 0 aliphatic carbocycles. The summed E-state index contributed by atoms with van der Waals surface area (Å²) in [5, 5.41) is 18.7. The van der Waals surface area contributed by atoms with Gasteiger partial charge in [0, 0.05) is 22.4 Å². The quantitative estimate of drug-likeness (QED) is 0.185. The number of hydrogen-bond donors (Lipinski definition) is 1. The molecule has 5 aromatic rings. The average Bonchev–Trinajstić information content (AvgIpc) is 3.31. The first-order valence-electron chi connectivity index (χ1n) is 10.9. The van der Waals surface area contributed by atoms with Gasteiger partial charge in [0.25, 0.3) is 0 Å². The molecule has 5 rings (SSSR count). The van der Waals surface area contributed by atoms with Crippen molar-refractivity contribution in [2.24, 2.45) is 15.2 Å². The zero-order chi connectivity index (χ0) is 26.0. The number of fused-ring (bicyclic) bond motifs is 1. The van der Waals surface area contributed by atoms with Gasteiger partial charge in [0.2, 0.25) is 5.89 Å². The number of aliphatic imine (C=N–C) groups is 1. The summed E-state index contributed by atoms with van der Waals surface area (Å²) in [5.74, 6) is 0.377. The summed E-state index contributed by atoms with van der Waals surface area (Å²) < 4.78 is 44.5. The largest absolute Gasteiger partial charge is 0.507 e. The first-order valence-corrected chi connectivity index (χ1v) is 11.2. The van der Waals surface area contributed by atoms with E-state index in [2.05, 4.69) is 20.2 Å². The van der Waals surface area contributed by atoms with Crippen molar-refractivity contribution in [3.63, 3.8) is 0 Å². The minimum absolute atomic E-state index is 0.0486. The summed E-state index contributed by atoms with van der Waals surface area (Å²) in [6, 6.07) is 21.3. The first kappa shape index (κ1) is 24.2. The number of nitrogens with zero attached hydrogens (tertiary/aromatic N) is 4. The molecule has 4 aromatic carbocycles. The molecule has 0 bridgehead atoms. The SMILES string of the molecule is Oc1ccc(N=Nc2cccc(C(F)(F)F)c2)cc1C=Nc1ccc2oc(-c3cccc(Cl)c3)nc2c1. The van der Waals surface area contributed by atoms with Crippen LogP contribution in [0.2, 0.25) is 5.02 Å². The number of aromatic hydroxyl groups is 1. The molecule has 184 valence electrons. The predicted octanol–water partition coefficient (Wildman–Crippen LogP) is 9.04. The highest BCUT2D eigenvalue weighted by atomic mass is 35.5. The van der Waals surface area contributed by atoms with E-state index in [9.17, 15) is 18.3 Å². The lowest BCUT2D eigenvalue weighted by atomic mass is 10.2. The molecule has 37 heavy (non-hydrogen) atoms. The van der Waals surface area contributed by atoms with Gasteiger partial charge in [-0.05, 0) is 72.8 Å². The molecule has 10 heteroatoms. The van der Waals surface area contributed by atoms with Crippen molar-refractivity contribution < 1.29 is 22.7 Å². The van der Waals surface area contributed by atoms with Crippen molar-refractivity contribution in [2.45, 2.75) is 6.18 Å². The van der Waals surface area contributed by atoms with E-state index < -0.39 is 11.7 Å². The van der Waals surface area contributed by atoms with Gasteiger partial charge in [0.05, 0.1) is 22.6 Å². The van der Waals surface area contributed by atoms with E-state index in [4.69, 9.17) is 16.0 Å². The van der Waals surface area contributed by atoms with Crippen molar-refractivity contribution >= 4 is 46.0 Å². The standard InChI is InChI=1S/C27H16ClF3N4O2/c28-19-5-1-3-16(11-19)26-33-23-14-20(8-10-25(23)37-26)32-15-17-12-22(7-9-24(17)36)35-34-21-6-2-4-18(13-21)27(29,30)31/h1-15,36H. The van der Waals surface area contributed by atoms with E-state index in [0.29, 0.717) is 39.0 Å². The maximum Gasteiger partial charge on any atom is 0.416 e. The fourth-order valence-electron chi connectivity index (χ4n) is 3.45. The van der Waals surface area contributed by atoms with Crippen LogP contribution in [0.4, 0.5) is 30.2 Å². The first-order chi connectivity index (χ1) is 17.7. The van der Waals surface area contributed by atoms with Crippen LogP contribution in [-0.4, -0.2) is 16.3 Å². The zero-order valence-electron chi connectivity index (χ0n) is 18.8. The van der Waals surface area contributed by atoms with Gasteiger partial charge in [-0.1, -0.05) is 23.7 Å². The molecule has 0 unspecified atom stereocenters. The van der Waals surface area contributed by atoms with Crippen LogP contribution in [0.15, 0.2) is 105 Å². The summed E-state index contributed by atoms with van der Waals surface area (Å²) in [5.41, 5.74) is 2.40. The Balaban J connectivity index is 1.37. The number of halogens is 4. The van der Waals surface area contributed by atoms with E-state index in [1.807, 2.05) is 12.1 Å². The molecule has 0 fully saturated rings. The van der Waals surface area contributed by atoms with Gasteiger partial charge in [-0.3, -0.25) is 4.99 Å². The predicted molar refractivity (Wildman–Crippen MR) is 135 cm³/mol. The van der Waals surface area contributed by atoms with Crippen LogP contribution in [0.5, 0.6) is 5.75 Å². The highest BCUT2D eigenvalue weighted by molar-refractivity contribution is 6.30. The van der Waals surface area contributed by atoms with Crippen LogP contribution in [0.1, 0.15) is 11.1 Å². The third kappa shape index (κ3) is 5.68. The highest BCUT2D eigenvalue weighted by Crippen LogP contribution is 2.32. The second-order valence-corrected chi connectivity index (χ2v) is 8.37. The van der Waals surface area contributed by atoms with Crippen LogP contribution >= 0.6 is 11.6 Å². The van der Waals surface area contributed by atoms with E-state index in [0.717, 1.165) is 17.7 Å². The summed E-state index contributed by atoms with van der Waals surface area (Å²) >= 11 is 6.05. The minimum Gasteiger partial charge on any atom is -0.507 e. The fraction of sp³-hybridized carbons (Fsp3) is 0.0370. The molecule has 1 aromatic heterocycles. The third-order valence-electron chi connectivity index (χ3n) is 5.26. The number of alkyl halides is 3. The number of benzene rings is 4. The fourth-order valence-corrected chi connectivity index (χ4v) is 3.64. The summed E-state index contributed by atoms with van der Waals surface area (Å²) in [7, 11) is 0. The van der Waals surface area contributed by atoms with E-state index in [-0.39, 0.29) is 11.4 Å². The molecule has 6 nitrogen and oxygen atoms in total. The van der Waals surface area contributed by atoms with Crippen LogP contribution in [0, 0.1) is 0 Å². The number of aromatic nitrogens is 1.